The number of thiocyanates is 1. The molecule has 0 radical (unpaired) electrons. The second kappa shape index (κ2) is 3.26. The lowest BCUT2D eigenvalue weighted by Crippen LogP contribution is -2.14. The summed E-state index contributed by atoms with van der Waals surface area (Å²) in [5.41, 5.74) is 6.57. The van der Waals surface area contributed by atoms with Gasteiger partial charge in [0.25, 0.3) is 5.82 Å². The summed E-state index contributed by atoms with van der Waals surface area (Å²) < 4.78 is 0. The molecular weight excluding hydrogens is 158 g/mol. The summed E-state index contributed by atoms with van der Waals surface area (Å²) in [7, 11) is 0. The molecule has 11 heavy (non-hydrogen) atoms. The lowest BCUT2D eigenvalue weighted by molar-refractivity contribution is -0.372. The van der Waals surface area contributed by atoms with Gasteiger partial charge in [0.15, 0.2) is 0 Å². The number of anilines is 1. The van der Waals surface area contributed by atoms with Gasteiger partial charge >= 0.3 is 0 Å². The average molecular weight is 166 g/mol. The van der Waals surface area contributed by atoms with Crippen molar-refractivity contribution in [1.82, 2.24) is 0 Å². The molecule has 0 saturated carbocycles. The number of nitrogens with zero attached hydrogens (tertiary/aromatic N) is 1. The topological polar surface area (TPSA) is 64.0 Å². The molecule has 0 unspecified atom stereocenters. The summed E-state index contributed by atoms with van der Waals surface area (Å²) in [6.45, 7) is 1.91. The number of hydrogen-bond donors (Lipinski definition) is 1. The summed E-state index contributed by atoms with van der Waals surface area (Å²) in [4.78, 5) is 3.71. The van der Waals surface area contributed by atoms with Crippen molar-refractivity contribution in [3.63, 3.8) is 0 Å². The number of thioether (sulfide) groups is 1. The third-order valence-electron chi connectivity index (χ3n) is 1.24. The molecule has 1 heterocycles. The fraction of sp³-hybridized carbons (Fsp3) is 0.143. The Morgan fingerprint density at radius 2 is 2.36 bits per heavy atom. The van der Waals surface area contributed by atoms with Crippen molar-refractivity contribution in [2.24, 2.45) is 0 Å². The van der Waals surface area contributed by atoms with Crippen LogP contribution in [0.2, 0.25) is 0 Å². The van der Waals surface area contributed by atoms with Gasteiger partial charge < -0.3 is 0 Å². The fourth-order valence-corrected chi connectivity index (χ4v) is 1.14. The van der Waals surface area contributed by atoms with E-state index in [1.807, 2.05) is 24.5 Å². The van der Waals surface area contributed by atoms with Crippen molar-refractivity contribution in [2.75, 3.05) is 5.73 Å². The van der Waals surface area contributed by atoms with E-state index in [0.717, 1.165) is 22.4 Å². The van der Waals surface area contributed by atoms with E-state index < -0.39 is 0 Å². The molecule has 0 aliphatic rings. The van der Waals surface area contributed by atoms with E-state index in [9.17, 15) is 0 Å². The average Bonchev–Trinajstić information content (AvgIpc) is 1.95. The van der Waals surface area contributed by atoms with Crippen LogP contribution in [0.3, 0.4) is 0 Å². The van der Waals surface area contributed by atoms with E-state index in [1.54, 1.807) is 0 Å². The first-order valence-corrected chi connectivity index (χ1v) is 3.90. The maximum Gasteiger partial charge on any atom is 0.285 e. The number of nitriles is 1. The van der Waals surface area contributed by atoms with Gasteiger partial charge in [-0.15, -0.1) is 0 Å². The van der Waals surface area contributed by atoms with Crippen LogP contribution in [0.4, 0.5) is 5.82 Å². The predicted molar refractivity (Wildman–Crippen MR) is 43.6 cm³/mol. The number of rotatable bonds is 1. The lowest BCUT2D eigenvalue weighted by Gasteiger charge is -1.93. The van der Waals surface area contributed by atoms with E-state index >= 15 is 0 Å². The molecule has 0 amide bonds. The molecule has 0 aliphatic carbocycles. The molecule has 1 aromatic heterocycles. The van der Waals surface area contributed by atoms with Gasteiger partial charge in [-0.2, -0.15) is 5.26 Å². The first-order valence-electron chi connectivity index (χ1n) is 3.08. The first kappa shape index (κ1) is 7.89. The Balaban J connectivity index is 3.01. The summed E-state index contributed by atoms with van der Waals surface area (Å²) in [6.07, 6.45) is 0. The minimum Gasteiger partial charge on any atom is -0.286 e. The highest BCUT2D eigenvalue weighted by atomic mass is 32.2. The monoisotopic (exact) mass is 166 g/mol. The molecule has 3 N–H and O–H groups in total. The van der Waals surface area contributed by atoms with Crippen LogP contribution in [0.1, 0.15) is 5.69 Å². The Bertz CT molecular complexity index is 303. The molecule has 3 nitrogen and oxygen atoms in total. The number of hydrogen-bond acceptors (Lipinski definition) is 3. The van der Waals surface area contributed by atoms with Crippen molar-refractivity contribution in [3.8, 4) is 5.40 Å². The molecule has 1 aromatic rings. The molecule has 0 bridgehead atoms. The quantitative estimate of drug-likeness (QED) is 0.499. The van der Waals surface area contributed by atoms with E-state index in [2.05, 4.69) is 4.98 Å². The zero-order valence-electron chi connectivity index (χ0n) is 6.09. The minimum absolute atomic E-state index is 0.552. The minimum atomic E-state index is 0.552. The van der Waals surface area contributed by atoms with Crippen molar-refractivity contribution >= 4 is 17.6 Å². The number of nitrogen functional groups attached to an aromatic ring is 1. The van der Waals surface area contributed by atoms with Crippen molar-refractivity contribution in [2.45, 2.75) is 11.8 Å². The van der Waals surface area contributed by atoms with Gasteiger partial charge in [0, 0.05) is 0 Å². The van der Waals surface area contributed by atoms with E-state index in [0.29, 0.717) is 5.82 Å². The van der Waals surface area contributed by atoms with Crippen molar-refractivity contribution < 1.29 is 4.98 Å². The van der Waals surface area contributed by atoms with Gasteiger partial charge in [0.1, 0.15) is 10.3 Å². The normalized spacial score (nSPS) is 9.09. The lowest BCUT2D eigenvalue weighted by atomic mass is 10.4. The second-order valence-corrected chi connectivity index (χ2v) is 2.94. The molecule has 0 fully saturated rings. The number of H-pyrrole nitrogens is 1. The first-order chi connectivity index (χ1) is 5.24. The van der Waals surface area contributed by atoms with E-state index in [4.69, 9.17) is 11.0 Å². The van der Waals surface area contributed by atoms with Gasteiger partial charge in [0.2, 0.25) is 0 Å². The number of aromatic nitrogens is 1. The Kier molecular flexibility index (Phi) is 2.34. The number of aromatic amines is 1. The summed E-state index contributed by atoms with van der Waals surface area (Å²) in [6, 6.07) is 3.71. The maximum absolute atomic E-state index is 8.36. The van der Waals surface area contributed by atoms with Crippen LogP contribution in [-0.4, -0.2) is 0 Å². The highest BCUT2D eigenvalue weighted by Gasteiger charge is 2.04. The molecule has 56 valence electrons. The molecule has 0 spiro atoms. The summed E-state index contributed by atoms with van der Waals surface area (Å²) in [5.74, 6) is 0.552. The molecule has 0 aliphatic heterocycles. The van der Waals surface area contributed by atoms with Crippen molar-refractivity contribution in [3.05, 3.63) is 17.8 Å². The van der Waals surface area contributed by atoms with Crippen LogP contribution in [0.15, 0.2) is 17.0 Å². The Hall–Kier alpha value is -1.21. The van der Waals surface area contributed by atoms with Crippen LogP contribution < -0.4 is 10.7 Å². The van der Waals surface area contributed by atoms with Crippen LogP contribution in [-0.2, 0) is 0 Å². The fourth-order valence-electron chi connectivity index (χ4n) is 0.744. The highest BCUT2D eigenvalue weighted by Crippen LogP contribution is 2.19. The summed E-state index contributed by atoms with van der Waals surface area (Å²) in [5, 5.41) is 10.3. The van der Waals surface area contributed by atoms with Crippen LogP contribution >= 0.6 is 11.8 Å². The number of pyridine rings is 1. The van der Waals surface area contributed by atoms with Gasteiger partial charge in [-0.25, -0.2) is 4.98 Å². The van der Waals surface area contributed by atoms with Crippen molar-refractivity contribution in [1.29, 1.82) is 5.26 Å². The third-order valence-corrected chi connectivity index (χ3v) is 1.90. The molecule has 0 aromatic carbocycles. The van der Waals surface area contributed by atoms with Crippen LogP contribution in [0.5, 0.6) is 0 Å². The van der Waals surface area contributed by atoms with E-state index in [1.165, 1.54) is 0 Å². The number of nitrogens with two attached hydrogens (primary N) is 1. The zero-order chi connectivity index (χ0) is 8.27. The van der Waals surface area contributed by atoms with Crippen LogP contribution in [0.25, 0.3) is 0 Å². The molecular formula is C7H8N3S+. The predicted octanol–water partition coefficient (Wildman–Crippen LogP) is 0.964. The van der Waals surface area contributed by atoms with Gasteiger partial charge in [0.05, 0.1) is 5.69 Å². The van der Waals surface area contributed by atoms with E-state index in [-0.39, 0.29) is 0 Å². The Morgan fingerprint density at radius 3 is 2.91 bits per heavy atom. The zero-order valence-corrected chi connectivity index (χ0v) is 6.90. The third kappa shape index (κ3) is 1.85. The van der Waals surface area contributed by atoms with Gasteiger partial charge in [-0.3, -0.25) is 5.73 Å². The number of aryl methyl sites for hydroxylation is 1. The highest BCUT2D eigenvalue weighted by molar-refractivity contribution is 8.03. The molecule has 0 saturated heterocycles. The standard InChI is InChI=1S/C7H7N3S/c1-5-2-3-6(11-4-8)7(9)10-5/h2-3H,1H3,(H2,9,10)/p+1. The number of nitrogens with one attached hydrogen (secondary N) is 1. The second-order valence-electron chi connectivity index (χ2n) is 2.11. The summed E-state index contributed by atoms with van der Waals surface area (Å²) >= 11 is 1.06. The van der Waals surface area contributed by atoms with Gasteiger partial charge in [-0.05, 0) is 30.8 Å². The SMILES string of the molecule is Cc1ccc(SC#N)c(N)[nH+]1. The largest absolute Gasteiger partial charge is 0.286 e. The van der Waals surface area contributed by atoms with Gasteiger partial charge in [-0.1, -0.05) is 0 Å². The smallest absolute Gasteiger partial charge is 0.285 e. The molecule has 4 heteroatoms. The molecule has 1 rings (SSSR count). The van der Waals surface area contributed by atoms with Crippen LogP contribution in [0, 0.1) is 17.6 Å². The Labute approximate surface area is 69.2 Å². The Morgan fingerprint density at radius 1 is 1.64 bits per heavy atom. The molecule has 0 atom stereocenters. The maximum atomic E-state index is 8.36.